The SMILES string of the molecule is Cl.OB(O)c1cc2ccncc2s1. The Labute approximate surface area is 85.6 Å². The predicted octanol–water partition coefficient (Wildman–Crippen LogP) is 0.398. The summed E-state index contributed by atoms with van der Waals surface area (Å²) >= 11 is 1.34. The maximum absolute atomic E-state index is 8.87. The summed E-state index contributed by atoms with van der Waals surface area (Å²) in [6, 6.07) is 3.60. The zero-order valence-electron chi connectivity index (χ0n) is 6.54. The molecule has 0 amide bonds. The number of aromatic nitrogens is 1. The first-order valence-electron chi connectivity index (χ1n) is 3.47. The van der Waals surface area contributed by atoms with E-state index in [9.17, 15) is 0 Å². The van der Waals surface area contributed by atoms with Gasteiger partial charge < -0.3 is 10.0 Å². The van der Waals surface area contributed by atoms with Crippen molar-refractivity contribution in [2.75, 3.05) is 0 Å². The number of halogens is 1. The first-order chi connectivity index (χ1) is 5.77. The normalized spacial score (nSPS) is 9.69. The van der Waals surface area contributed by atoms with Crippen LogP contribution in [0.25, 0.3) is 10.1 Å². The summed E-state index contributed by atoms with van der Waals surface area (Å²) in [5.74, 6) is 0. The van der Waals surface area contributed by atoms with Gasteiger partial charge in [0.25, 0.3) is 0 Å². The van der Waals surface area contributed by atoms with Crippen molar-refractivity contribution in [3.63, 3.8) is 0 Å². The maximum atomic E-state index is 8.87. The quantitative estimate of drug-likeness (QED) is 0.677. The molecule has 0 aliphatic carbocycles. The van der Waals surface area contributed by atoms with Crippen molar-refractivity contribution < 1.29 is 10.0 Å². The lowest BCUT2D eigenvalue weighted by atomic mass is 9.89. The number of hydrogen-bond acceptors (Lipinski definition) is 4. The summed E-state index contributed by atoms with van der Waals surface area (Å²) < 4.78 is 1.53. The van der Waals surface area contributed by atoms with Gasteiger partial charge in [0.2, 0.25) is 0 Å². The molecule has 2 aromatic heterocycles. The Hall–Kier alpha value is -0.615. The van der Waals surface area contributed by atoms with E-state index in [0.717, 1.165) is 10.1 Å². The Bertz CT molecular complexity index is 373. The van der Waals surface area contributed by atoms with Gasteiger partial charge in [-0.05, 0) is 17.5 Å². The molecule has 0 fully saturated rings. The molecule has 0 aromatic carbocycles. The molecule has 13 heavy (non-hydrogen) atoms. The maximum Gasteiger partial charge on any atom is 0.499 e. The van der Waals surface area contributed by atoms with Crippen LogP contribution >= 0.6 is 23.7 Å². The van der Waals surface area contributed by atoms with Gasteiger partial charge in [0, 0.05) is 17.2 Å². The van der Waals surface area contributed by atoms with E-state index in [-0.39, 0.29) is 12.4 Å². The van der Waals surface area contributed by atoms with Crippen molar-refractivity contribution in [1.29, 1.82) is 0 Å². The zero-order valence-corrected chi connectivity index (χ0v) is 8.18. The van der Waals surface area contributed by atoms with Crippen molar-refractivity contribution in [1.82, 2.24) is 4.98 Å². The molecule has 2 N–H and O–H groups in total. The highest BCUT2D eigenvalue weighted by Gasteiger charge is 2.13. The lowest BCUT2D eigenvalue weighted by Gasteiger charge is -1.87. The summed E-state index contributed by atoms with van der Waals surface area (Å²) in [7, 11) is -1.37. The third-order valence-electron chi connectivity index (χ3n) is 1.60. The van der Waals surface area contributed by atoms with Crippen LogP contribution in [0, 0.1) is 0 Å². The highest BCUT2D eigenvalue weighted by molar-refractivity contribution is 7.27. The van der Waals surface area contributed by atoms with Gasteiger partial charge in [0.05, 0.1) is 4.70 Å². The highest BCUT2D eigenvalue weighted by atomic mass is 35.5. The van der Waals surface area contributed by atoms with Crippen LogP contribution < -0.4 is 4.78 Å². The molecule has 6 heteroatoms. The molecule has 0 bridgehead atoms. The number of fused-ring (bicyclic) bond motifs is 1. The molecule has 0 atom stereocenters. The van der Waals surface area contributed by atoms with Crippen LogP contribution in [0.15, 0.2) is 24.5 Å². The zero-order chi connectivity index (χ0) is 8.55. The largest absolute Gasteiger partial charge is 0.499 e. The number of rotatable bonds is 1. The summed E-state index contributed by atoms with van der Waals surface area (Å²) in [6.07, 6.45) is 3.40. The smallest absolute Gasteiger partial charge is 0.423 e. The Morgan fingerprint density at radius 2 is 2.15 bits per heavy atom. The van der Waals surface area contributed by atoms with Crippen molar-refractivity contribution in [3.05, 3.63) is 24.5 Å². The minimum Gasteiger partial charge on any atom is -0.423 e. The fourth-order valence-electron chi connectivity index (χ4n) is 1.03. The van der Waals surface area contributed by atoms with Crippen LogP contribution in [0.5, 0.6) is 0 Å². The average Bonchev–Trinajstić information content (AvgIpc) is 2.46. The van der Waals surface area contributed by atoms with Gasteiger partial charge in [-0.15, -0.1) is 23.7 Å². The summed E-state index contributed by atoms with van der Waals surface area (Å²) in [5, 5.41) is 18.7. The van der Waals surface area contributed by atoms with Crippen LogP contribution in [-0.4, -0.2) is 22.2 Å². The van der Waals surface area contributed by atoms with E-state index in [1.165, 1.54) is 11.3 Å². The molecule has 0 unspecified atom stereocenters. The molecule has 2 rings (SSSR count). The van der Waals surface area contributed by atoms with Gasteiger partial charge in [0.15, 0.2) is 0 Å². The fourth-order valence-corrected chi connectivity index (χ4v) is 1.94. The topological polar surface area (TPSA) is 53.4 Å². The minimum absolute atomic E-state index is 0. The van der Waals surface area contributed by atoms with Crippen molar-refractivity contribution >= 4 is 45.7 Å². The monoisotopic (exact) mass is 215 g/mol. The third kappa shape index (κ3) is 2.00. The average molecular weight is 215 g/mol. The number of pyridine rings is 1. The number of nitrogens with zero attached hydrogens (tertiary/aromatic N) is 1. The fraction of sp³-hybridized carbons (Fsp3) is 0. The van der Waals surface area contributed by atoms with Gasteiger partial charge >= 0.3 is 7.12 Å². The molecule has 3 nitrogen and oxygen atoms in total. The van der Waals surface area contributed by atoms with E-state index in [0.29, 0.717) is 4.78 Å². The van der Waals surface area contributed by atoms with Gasteiger partial charge in [-0.25, -0.2) is 0 Å². The van der Waals surface area contributed by atoms with Crippen LogP contribution in [0.4, 0.5) is 0 Å². The Kier molecular flexibility index (Phi) is 3.27. The van der Waals surface area contributed by atoms with E-state index >= 15 is 0 Å². The lowest BCUT2D eigenvalue weighted by molar-refractivity contribution is 0.427. The van der Waals surface area contributed by atoms with E-state index < -0.39 is 7.12 Å². The second kappa shape index (κ2) is 4.06. The van der Waals surface area contributed by atoms with E-state index in [2.05, 4.69) is 4.98 Å². The predicted molar refractivity (Wildman–Crippen MR) is 56.7 cm³/mol. The standard InChI is InChI=1S/C7H6BNO2S.ClH/c10-8(11)7-3-5-1-2-9-4-6(5)12-7;/h1-4,10-11H;1H. The van der Waals surface area contributed by atoms with Crippen molar-refractivity contribution in [2.45, 2.75) is 0 Å². The summed E-state index contributed by atoms with van der Waals surface area (Å²) in [5.41, 5.74) is 0. The molecule has 0 spiro atoms. The lowest BCUT2D eigenvalue weighted by Crippen LogP contribution is -2.26. The molecule has 0 saturated heterocycles. The van der Waals surface area contributed by atoms with Crippen LogP contribution in [-0.2, 0) is 0 Å². The number of hydrogen-bond donors (Lipinski definition) is 2. The molecule has 2 heterocycles. The molecule has 0 aliphatic rings. The summed E-state index contributed by atoms with van der Waals surface area (Å²) in [6.45, 7) is 0. The molecular formula is C7H7BClNO2S. The Balaban J connectivity index is 0.000000845. The van der Waals surface area contributed by atoms with Crippen molar-refractivity contribution in [2.24, 2.45) is 0 Å². The third-order valence-corrected chi connectivity index (χ3v) is 2.72. The second-order valence-electron chi connectivity index (χ2n) is 2.44. The molecular weight excluding hydrogens is 208 g/mol. The van der Waals surface area contributed by atoms with Crippen LogP contribution in [0.1, 0.15) is 0 Å². The molecule has 0 radical (unpaired) electrons. The molecule has 2 aromatic rings. The molecule has 68 valence electrons. The summed E-state index contributed by atoms with van der Waals surface area (Å²) in [4.78, 5) is 3.93. The van der Waals surface area contributed by atoms with Crippen LogP contribution in [0.3, 0.4) is 0 Å². The van der Waals surface area contributed by atoms with Gasteiger partial charge in [-0.2, -0.15) is 0 Å². The van der Waals surface area contributed by atoms with Crippen molar-refractivity contribution in [3.8, 4) is 0 Å². The molecule has 0 aliphatic heterocycles. The van der Waals surface area contributed by atoms with Gasteiger partial charge in [-0.3, -0.25) is 4.98 Å². The first kappa shape index (κ1) is 10.5. The highest BCUT2D eigenvalue weighted by Crippen LogP contribution is 2.16. The Morgan fingerprint density at radius 3 is 2.77 bits per heavy atom. The van der Waals surface area contributed by atoms with E-state index in [4.69, 9.17) is 10.0 Å². The van der Waals surface area contributed by atoms with E-state index in [1.807, 2.05) is 6.07 Å². The van der Waals surface area contributed by atoms with Crippen LogP contribution in [0.2, 0.25) is 0 Å². The molecule has 0 saturated carbocycles. The second-order valence-corrected chi connectivity index (χ2v) is 3.55. The van der Waals surface area contributed by atoms with Gasteiger partial charge in [-0.1, -0.05) is 0 Å². The first-order valence-corrected chi connectivity index (χ1v) is 4.28. The minimum atomic E-state index is -1.37. The van der Waals surface area contributed by atoms with E-state index in [1.54, 1.807) is 18.5 Å². The number of thiophene rings is 1. The Morgan fingerprint density at radius 1 is 1.38 bits per heavy atom. The van der Waals surface area contributed by atoms with Gasteiger partial charge in [0.1, 0.15) is 0 Å².